The number of halogens is 1. The summed E-state index contributed by atoms with van der Waals surface area (Å²) in [4.78, 5) is 24.5. The molecule has 0 saturated carbocycles. The van der Waals surface area contributed by atoms with Crippen LogP contribution in [0.1, 0.15) is 30.6 Å². The van der Waals surface area contributed by atoms with Gasteiger partial charge in [-0.1, -0.05) is 35.0 Å². The number of para-hydroxylation sites is 1. The van der Waals surface area contributed by atoms with E-state index in [1.54, 1.807) is 36.4 Å². The summed E-state index contributed by atoms with van der Waals surface area (Å²) in [6.07, 6.45) is 0.835. The van der Waals surface area contributed by atoms with Crippen LogP contribution in [0.4, 0.5) is 5.69 Å². The van der Waals surface area contributed by atoms with Crippen LogP contribution in [-0.4, -0.2) is 24.5 Å². The van der Waals surface area contributed by atoms with Gasteiger partial charge in [0.2, 0.25) is 0 Å². The lowest BCUT2D eigenvalue weighted by molar-refractivity contribution is -0.118. The van der Waals surface area contributed by atoms with Crippen LogP contribution in [0.5, 0.6) is 5.75 Å². The quantitative estimate of drug-likeness (QED) is 0.732. The Kier molecular flexibility index (Phi) is 7.01. The molecule has 0 aromatic heterocycles. The summed E-state index contributed by atoms with van der Waals surface area (Å²) in [5.74, 6) is 0.0620. The zero-order valence-corrected chi connectivity index (χ0v) is 15.8. The number of rotatable bonds is 7. The van der Waals surface area contributed by atoms with Crippen LogP contribution in [0, 0.1) is 0 Å². The Hall–Kier alpha value is -2.34. The lowest BCUT2D eigenvalue weighted by Gasteiger charge is -2.15. The highest BCUT2D eigenvalue weighted by Gasteiger charge is 2.14. The number of hydrogen-bond donors (Lipinski definition) is 2. The molecule has 25 heavy (non-hydrogen) atoms. The number of ether oxygens (including phenoxy) is 1. The zero-order valence-electron chi connectivity index (χ0n) is 14.2. The first-order chi connectivity index (χ1) is 12.0. The molecule has 2 rings (SSSR count). The van der Waals surface area contributed by atoms with Gasteiger partial charge < -0.3 is 15.4 Å². The molecule has 2 N–H and O–H groups in total. The van der Waals surface area contributed by atoms with Gasteiger partial charge in [0.05, 0.1) is 11.3 Å². The van der Waals surface area contributed by atoms with Gasteiger partial charge in [0.15, 0.2) is 6.61 Å². The second-order valence-electron chi connectivity index (χ2n) is 5.62. The van der Waals surface area contributed by atoms with E-state index in [-0.39, 0.29) is 24.5 Å². The van der Waals surface area contributed by atoms with Gasteiger partial charge in [0, 0.05) is 10.5 Å². The average Bonchev–Trinajstić information content (AvgIpc) is 2.61. The molecule has 0 spiro atoms. The normalized spacial score (nSPS) is 11.5. The maximum absolute atomic E-state index is 12.3. The minimum atomic E-state index is -0.327. The van der Waals surface area contributed by atoms with Crippen LogP contribution in [0.2, 0.25) is 0 Å². The minimum Gasteiger partial charge on any atom is -0.484 e. The van der Waals surface area contributed by atoms with Gasteiger partial charge in [0.25, 0.3) is 11.8 Å². The number of anilines is 1. The monoisotopic (exact) mass is 404 g/mol. The van der Waals surface area contributed by atoms with E-state index in [4.69, 9.17) is 4.74 Å². The second-order valence-corrected chi connectivity index (χ2v) is 6.53. The van der Waals surface area contributed by atoms with Crippen LogP contribution in [-0.2, 0) is 4.79 Å². The lowest BCUT2D eigenvalue weighted by Crippen LogP contribution is -2.33. The molecule has 0 bridgehead atoms. The highest BCUT2D eigenvalue weighted by Crippen LogP contribution is 2.17. The fourth-order valence-corrected chi connectivity index (χ4v) is 2.32. The molecule has 0 aliphatic carbocycles. The standard InChI is InChI=1S/C19H21BrN2O3/c1-3-13(2)21-19(24)16-6-4-5-7-17(16)22-18(23)12-25-15-10-8-14(20)9-11-15/h4-11,13H,3,12H2,1-2H3,(H,21,24)(H,22,23)/t13-/m1/s1. The lowest BCUT2D eigenvalue weighted by atomic mass is 10.1. The average molecular weight is 405 g/mol. The molecule has 132 valence electrons. The Balaban J connectivity index is 1.98. The van der Waals surface area contributed by atoms with E-state index < -0.39 is 0 Å². The van der Waals surface area contributed by atoms with Crippen molar-refractivity contribution >= 4 is 33.4 Å². The van der Waals surface area contributed by atoms with Gasteiger partial charge in [-0.05, 0) is 49.7 Å². The predicted molar refractivity (Wildman–Crippen MR) is 102 cm³/mol. The van der Waals surface area contributed by atoms with Gasteiger partial charge in [0.1, 0.15) is 5.75 Å². The first kappa shape index (κ1) is 19.0. The van der Waals surface area contributed by atoms with E-state index in [9.17, 15) is 9.59 Å². The Morgan fingerprint density at radius 3 is 2.48 bits per heavy atom. The summed E-state index contributed by atoms with van der Waals surface area (Å²) in [5, 5.41) is 5.63. The Morgan fingerprint density at radius 2 is 1.80 bits per heavy atom. The van der Waals surface area contributed by atoms with E-state index in [1.165, 1.54) is 0 Å². The molecule has 5 nitrogen and oxygen atoms in total. The molecular formula is C19H21BrN2O3. The molecule has 0 saturated heterocycles. The van der Waals surface area contributed by atoms with Crippen molar-refractivity contribution < 1.29 is 14.3 Å². The van der Waals surface area contributed by atoms with Crippen molar-refractivity contribution in [3.05, 3.63) is 58.6 Å². The molecule has 1 atom stereocenters. The smallest absolute Gasteiger partial charge is 0.262 e. The molecule has 6 heteroatoms. The summed E-state index contributed by atoms with van der Waals surface area (Å²) in [7, 11) is 0. The Bertz CT molecular complexity index is 732. The van der Waals surface area contributed by atoms with Crippen LogP contribution in [0.25, 0.3) is 0 Å². The fraction of sp³-hybridized carbons (Fsp3) is 0.263. The fourth-order valence-electron chi connectivity index (χ4n) is 2.06. The molecule has 0 radical (unpaired) electrons. The molecule has 0 heterocycles. The van der Waals surface area contributed by atoms with Crippen molar-refractivity contribution in [3.8, 4) is 5.75 Å². The third kappa shape index (κ3) is 5.90. The molecule has 0 aliphatic rings. The summed E-state index contributed by atoms with van der Waals surface area (Å²) in [6, 6.07) is 14.2. The zero-order chi connectivity index (χ0) is 18.2. The third-order valence-electron chi connectivity index (χ3n) is 3.62. The highest BCUT2D eigenvalue weighted by atomic mass is 79.9. The molecule has 2 amide bonds. The van der Waals surface area contributed by atoms with Gasteiger partial charge in [-0.2, -0.15) is 0 Å². The van der Waals surface area contributed by atoms with Crippen molar-refractivity contribution in [2.75, 3.05) is 11.9 Å². The largest absolute Gasteiger partial charge is 0.484 e. The Labute approximate surface area is 155 Å². The molecule has 0 unspecified atom stereocenters. The Morgan fingerprint density at radius 1 is 1.12 bits per heavy atom. The van der Waals surface area contributed by atoms with Crippen molar-refractivity contribution in [2.24, 2.45) is 0 Å². The van der Waals surface area contributed by atoms with Gasteiger partial charge >= 0.3 is 0 Å². The first-order valence-electron chi connectivity index (χ1n) is 8.07. The second kappa shape index (κ2) is 9.22. The van der Waals surface area contributed by atoms with Gasteiger partial charge in [-0.3, -0.25) is 9.59 Å². The maximum atomic E-state index is 12.3. The van der Waals surface area contributed by atoms with Crippen LogP contribution < -0.4 is 15.4 Å². The molecular weight excluding hydrogens is 384 g/mol. The first-order valence-corrected chi connectivity index (χ1v) is 8.87. The van der Waals surface area contributed by atoms with Gasteiger partial charge in [-0.15, -0.1) is 0 Å². The summed E-state index contributed by atoms with van der Waals surface area (Å²) in [6.45, 7) is 3.80. The van der Waals surface area contributed by atoms with E-state index in [2.05, 4.69) is 26.6 Å². The number of nitrogens with one attached hydrogen (secondary N) is 2. The van der Waals surface area contributed by atoms with E-state index in [0.29, 0.717) is 17.0 Å². The van der Waals surface area contributed by atoms with Crippen LogP contribution >= 0.6 is 15.9 Å². The van der Waals surface area contributed by atoms with E-state index >= 15 is 0 Å². The molecule has 2 aromatic rings. The van der Waals surface area contributed by atoms with E-state index in [1.807, 2.05) is 26.0 Å². The maximum Gasteiger partial charge on any atom is 0.262 e. The van der Waals surface area contributed by atoms with Gasteiger partial charge in [-0.25, -0.2) is 0 Å². The van der Waals surface area contributed by atoms with Crippen molar-refractivity contribution in [2.45, 2.75) is 26.3 Å². The summed E-state index contributed by atoms with van der Waals surface area (Å²) >= 11 is 3.34. The number of carbonyl (C=O) groups excluding carboxylic acids is 2. The van der Waals surface area contributed by atoms with E-state index in [0.717, 1.165) is 10.9 Å². The van der Waals surface area contributed by atoms with Crippen molar-refractivity contribution in [1.29, 1.82) is 0 Å². The highest BCUT2D eigenvalue weighted by molar-refractivity contribution is 9.10. The van der Waals surface area contributed by atoms with Crippen LogP contribution in [0.15, 0.2) is 53.0 Å². The number of carbonyl (C=O) groups is 2. The molecule has 0 aliphatic heterocycles. The van der Waals surface area contributed by atoms with Crippen molar-refractivity contribution in [3.63, 3.8) is 0 Å². The number of benzene rings is 2. The third-order valence-corrected chi connectivity index (χ3v) is 4.15. The molecule has 0 fully saturated rings. The number of hydrogen-bond acceptors (Lipinski definition) is 3. The molecule has 2 aromatic carbocycles. The van der Waals surface area contributed by atoms with Crippen molar-refractivity contribution in [1.82, 2.24) is 5.32 Å². The number of amides is 2. The summed E-state index contributed by atoms with van der Waals surface area (Å²) < 4.78 is 6.38. The predicted octanol–water partition coefficient (Wildman–Crippen LogP) is 3.99. The van der Waals surface area contributed by atoms with Crippen LogP contribution in [0.3, 0.4) is 0 Å². The summed E-state index contributed by atoms with van der Waals surface area (Å²) in [5.41, 5.74) is 0.896. The SMILES string of the molecule is CC[C@@H](C)NC(=O)c1ccccc1NC(=O)COc1ccc(Br)cc1. The minimum absolute atomic E-state index is 0.0667. The topological polar surface area (TPSA) is 67.4 Å².